The lowest BCUT2D eigenvalue weighted by atomic mass is 9.97. The van der Waals surface area contributed by atoms with Crippen molar-refractivity contribution in [3.8, 4) is 16.9 Å². The summed E-state index contributed by atoms with van der Waals surface area (Å²) in [6.07, 6.45) is 3.19. The summed E-state index contributed by atoms with van der Waals surface area (Å²) in [7, 11) is -4.83. The van der Waals surface area contributed by atoms with Gasteiger partial charge < -0.3 is 19.1 Å². The van der Waals surface area contributed by atoms with E-state index in [4.69, 9.17) is 9.26 Å². The van der Waals surface area contributed by atoms with Crippen LogP contribution in [0.4, 0.5) is 13.2 Å². The number of halogens is 3. The van der Waals surface area contributed by atoms with E-state index in [9.17, 15) is 27.9 Å². The molecule has 2 aromatic carbocycles. The van der Waals surface area contributed by atoms with E-state index in [0.29, 0.717) is 34.4 Å². The fraction of sp³-hybridized carbons (Fsp3) is 0.308. The van der Waals surface area contributed by atoms with Crippen LogP contribution in [0.15, 0.2) is 42.7 Å². The molecule has 1 aliphatic heterocycles. The highest BCUT2D eigenvalue weighted by atomic mass is 31.2. The fourth-order valence-electron chi connectivity index (χ4n) is 5.65. The van der Waals surface area contributed by atoms with Crippen LogP contribution in [-0.4, -0.2) is 41.7 Å². The molecule has 0 radical (unpaired) electrons. The van der Waals surface area contributed by atoms with Crippen molar-refractivity contribution >= 4 is 24.6 Å². The smallest absolute Gasteiger partial charge is 0.434 e. The molecule has 208 valence electrons. The maximum Gasteiger partial charge on any atom is 0.470 e. The number of aromatic nitrogens is 4. The van der Waals surface area contributed by atoms with Crippen LogP contribution in [0.5, 0.6) is 5.75 Å². The first-order valence-electron chi connectivity index (χ1n) is 12.2. The summed E-state index contributed by atoms with van der Waals surface area (Å²) in [4.78, 5) is 44.3. The zero-order valence-corrected chi connectivity index (χ0v) is 22.0. The van der Waals surface area contributed by atoms with Gasteiger partial charge in [0.25, 0.3) is 0 Å². The van der Waals surface area contributed by atoms with Gasteiger partial charge in [0.05, 0.1) is 17.1 Å². The van der Waals surface area contributed by atoms with Crippen molar-refractivity contribution < 1.29 is 41.6 Å². The van der Waals surface area contributed by atoms with Gasteiger partial charge in [0, 0.05) is 53.1 Å². The molecule has 0 spiro atoms. The van der Waals surface area contributed by atoms with Crippen molar-refractivity contribution in [1.29, 1.82) is 0 Å². The van der Waals surface area contributed by atoms with Crippen molar-refractivity contribution in [2.24, 2.45) is 0 Å². The number of benzene rings is 2. The molecule has 1 aliphatic carbocycles. The highest BCUT2D eigenvalue weighted by Crippen LogP contribution is 2.51. The molecule has 2 atom stereocenters. The molecule has 3 heterocycles. The first kappa shape index (κ1) is 26.6. The van der Waals surface area contributed by atoms with Crippen LogP contribution in [0.2, 0.25) is 0 Å². The minimum absolute atomic E-state index is 0.0239. The van der Waals surface area contributed by atoms with Crippen molar-refractivity contribution in [1.82, 2.24) is 19.5 Å². The van der Waals surface area contributed by atoms with Gasteiger partial charge in [-0.25, -0.2) is 23.9 Å². The number of rotatable bonds is 6. The molecule has 4 aromatic rings. The molecule has 10 nitrogen and oxygen atoms in total. The monoisotopic (exact) mass is 574 g/mol. The predicted octanol–water partition coefficient (Wildman–Crippen LogP) is 5.24. The second-order valence-corrected chi connectivity index (χ2v) is 11.4. The van der Waals surface area contributed by atoms with E-state index in [0.717, 1.165) is 0 Å². The maximum atomic E-state index is 15.3. The summed E-state index contributed by atoms with van der Waals surface area (Å²) < 4.78 is 64.6. The average Bonchev–Trinajstić information content (AvgIpc) is 3.33. The molecular formula is C26H22F3N4O6P. The summed E-state index contributed by atoms with van der Waals surface area (Å²) in [5.74, 6) is -0.660. The maximum absolute atomic E-state index is 15.3. The van der Waals surface area contributed by atoms with Gasteiger partial charge in [-0.3, -0.25) is 9.32 Å². The Morgan fingerprint density at radius 1 is 1.15 bits per heavy atom. The normalized spacial score (nSPS) is 18.6. The fourth-order valence-corrected chi connectivity index (χ4v) is 6.33. The minimum Gasteiger partial charge on any atom is -0.434 e. The lowest BCUT2D eigenvalue weighted by Crippen LogP contribution is -2.23. The van der Waals surface area contributed by atoms with E-state index in [2.05, 4.69) is 15.0 Å². The van der Waals surface area contributed by atoms with Gasteiger partial charge in [0.1, 0.15) is 23.0 Å². The van der Waals surface area contributed by atoms with E-state index in [1.54, 1.807) is 12.1 Å². The molecule has 0 unspecified atom stereocenters. The van der Waals surface area contributed by atoms with Crippen LogP contribution in [0, 0.1) is 5.82 Å². The summed E-state index contributed by atoms with van der Waals surface area (Å²) >= 11 is 0. The number of Topliss-reactive ketones (excluding diaryl/α,β-unsaturated/α-hetero) is 1. The summed E-state index contributed by atoms with van der Waals surface area (Å²) in [6, 6.07) is 6.77. The molecule has 0 fully saturated rings. The quantitative estimate of drug-likeness (QED) is 0.296. The number of imidazole rings is 1. The van der Waals surface area contributed by atoms with Crippen LogP contribution >= 0.6 is 7.82 Å². The Morgan fingerprint density at radius 3 is 2.55 bits per heavy atom. The zero-order valence-electron chi connectivity index (χ0n) is 21.1. The van der Waals surface area contributed by atoms with Gasteiger partial charge in [-0.1, -0.05) is 12.1 Å². The SMILES string of the molecule is CC(C)(OP(=O)(O)O)c1ncc(-c2cc3c(cc2F)nc2n3[C@@H]3C[C@@H]2CC(=O)c2cccc(OC(F)F)c23)cn1. The van der Waals surface area contributed by atoms with E-state index >= 15 is 4.39 Å². The number of hydrogen-bond acceptors (Lipinski definition) is 7. The molecular weight excluding hydrogens is 552 g/mol. The average molecular weight is 574 g/mol. The minimum atomic E-state index is -4.83. The summed E-state index contributed by atoms with van der Waals surface area (Å²) in [5.41, 5.74) is 0.404. The molecule has 2 aliphatic rings. The lowest BCUT2D eigenvalue weighted by molar-refractivity contribution is -0.0507. The van der Waals surface area contributed by atoms with Gasteiger partial charge in [0.15, 0.2) is 11.6 Å². The number of ketones is 1. The largest absolute Gasteiger partial charge is 0.470 e. The highest BCUT2D eigenvalue weighted by molar-refractivity contribution is 7.46. The molecule has 0 amide bonds. The molecule has 40 heavy (non-hydrogen) atoms. The van der Waals surface area contributed by atoms with E-state index in [-0.39, 0.29) is 40.8 Å². The van der Waals surface area contributed by atoms with Gasteiger partial charge in [0.2, 0.25) is 0 Å². The Morgan fingerprint density at radius 2 is 1.88 bits per heavy atom. The number of carbonyl (C=O) groups excluding carboxylic acids is 1. The molecule has 6 rings (SSSR count). The van der Waals surface area contributed by atoms with Crippen LogP contribution < -0.4 is 4.74 Å². The van der Waals surface area contributed by atoms with Crippen LogP contribution in [0.1, 0.15) is 66.2 Å². The molecule has 0 saturated heterocycles. The Hall–Kier alpha value is -3.64. The van der Waals surface area contributed by atoms with Gasteiger partial charge >= 0.3 is 14.4 Å². The summed E-state index contributed by atoms with van der Waals surface area (Å²) in [6.45, 7) is -0.307. The first-order valence-corrected chi connectivity index (χ1v) is 13.8. The van der Waals surface area contributed by atoms with Crippen molar-refractivity contribution in [3.63, 3.8) is 0 Å². The highest BCUT2D eigenvalue weighted by Gasteiger charge is 2.42. The van der Waals surface area contributed by atoms with Crippen LogP contribution in [-0.2, 0) is 14.7 Å². The van der Waals surface area contributed by atoms with Gasteiger partial charge in [-0.05, 0) is 32.4 Å². The Bertz CT molecular complexity index is 1720. The van der Waals surface area contributed by atoms with Gasteiger partial charge in [-0.15, -0.1) is 0 Å². The number of hydrogen-bond donors (Lipinski definition) is 2. The third-order valence-electron chi connectivity index (χ3n) is 7.19. The number of alkyl halides is 2. The van der Waals surface area contributed by atoms with Crippen molar-refractivity contribution in [3.05, 3.63) is 71.3 Å². The van der Waals surface area contributed by atoms with Crippen LogP contribution in [0.25, 0.3) is 22.2 Å². The number of carbonyl (C=O) groups is 1. The number of fused-ring (bicyclic) bond motifs is 9. The number of phosphoric acid groups is 1. The third-order valence-corrected chi connectivity index (χ3v) is 7.88. The topological polar surface area (TPSA) is 137 Å². The van der Waals surface area contributed by atoms with E-state index in [1.807, 2.05) is 4.57 Å². The first-order chi connectivity index (χ1) is 18.8. The zero-order chi connectivity index (χ0) is 28.6. The number of phosphoric ester groups is 1. The molecule has 2 N–H and O–H groups in total. The Balaban J connectivity index is 1.46. The van der Waals surface area contributed by atoms with E-state index < -0.39 is 31.9 Å². The van der Waals surface area contributed by atoms with Crippen molar-refractivity contribution in [2.75, 3.05) is 0 Å². The second-order valence-electron chi connectivity index (χ2n) is 10.2. The van der Waals surface area contributed by atoms with Crippen molar-refractivity contribution in [2.45, 2.75) is 50.9 Å². The molecule has 2 bridgehead atoms. The third kappa shape index (κ3) is 4.48. The molecule has 0 saturated carbocycles. The number of nitrogens with zero attached hydrogens (tertiary/aromatic N) is 4. The summed E-state index contributed by atoms with van der Waals surface area (Å²) in [5, 5.41) is 0. The molecule has 2 aromatic heterocycles. The van der Waals surface area contributed by atoms with Crippen LogP contribution in [0.3, 0.4) is 0 Å². The number of ether oxygens (including phenoxy) is 1. The predicted molar refractivity (Wildman–Crippen MR) is 134 cm³/mol. The van der Waals surface area contributed by atoms with Gasteiger partial charge in [-0.2, -0.15) is 8.78 Å². The van der Waals surface area contributed by atoms with E-state index in [1.165, 1.54) is 44.4 Å². The second kappa shape index (κ2) is 9.20. The Labute approximate surface area is 225 Å². The Kier molecular flexibility index (Phi) is 6.11. The standard InChI is InChI=1S/C26H22F3N4O6P/c1-26(2,39-40(35,36)37)24-30-10-13(11-31-24)15-8-18-17(9-16(15)27)32-23-12-6-19(33(18)23)22-14(20(34)7-12)4-3-5-21(22)38-25(28)29/h3-5,8-12,19,25H,6-7H2,1-2H3,(H2,35,36,37)/t12-,19-/m1/s1. The lowest BCUT2D eigenvalue weighted by Gasteiger charge is -2.23. The molecule has 14 heteroatoms.